The molecule has 0 aromatic carbocycles. The summed E-state index contributed by atoms with van der Waals surface area (Å²) < 4.78 is 42.7. The molecule has 0 radical (unpaired) electrons. The number of ether oxygens (including phenoxy) is 1. The Bertz CT molecular complexity index is 1060. The molecule has 1 aliphatic rings. The van der Waals surface area contributed by atoms with Gasteiger partial charge in [-0.2, -0.15) is 4.31 Å². The molecule has 4 rings (SSSR count). The molecule has 9 nitrogen and oxygen atoms in total. The summed E-state index contributed by atoms with van der Waals surface area (Å²) in [6.45, 7) is 0.597. The van der Waals surface area contributed by atoms with Crippen molar-refractivity contribution in [1.29, 1.82) is 0 Å². The molecule has 4 heterocycles. The molecule has 3 aromatic heterocycles. The summed E-state index contributed by atoms with van der Waals surface area (Å²) in [7, 11) is -2.55. The second kappa shape index (κ2) is 7.49. The van der Waals surface area contributed by atoms with E-state index in [0.717, 1.165) is 11.3 Å². The minimum absolute atomic E-state index is 0.0113. The van der Waals surface area contributed by atoms with Crippen LogP contribution in [0.15, 0.2) is 43.8 Å². The predicted octanol–water partition coefficient (Wildman–Crippen LogP) is 2.75. The Balaban J connectivity index is 1.47. The zero-order valence-electron chi connectivity index (χ0n) is 14.9. The molecule has 11 heteroatoms. The van der Waals surface area contributed by atoms with Crippen molar-refractivity contribution in [2.45, 2.75) is 23.7 Å². The molecule has 0 amide bonds. The van der Waals surface area contributed by atoms with Crippen molar-refractivity contribution in [2.24, 2.45) is 0 Å². The Kier molecular flexibility index (Phi) is 5.04. The Morgan fingerprint density at radius 1 is 1.29 bits per heavy atom. The Hall–Kier alpha value is -2.50. The molecule has 0 unspecified atom stereocenters. The molecule has 0 N–H and O–H groups in total. The zero-order valence-corrected chi connectivity index (χ0v) is 16.5. The van der Waals surface area contributed by atoms with Gasteiger partial charge in [0, 0.05) is 19.0 Å². The molecule has 148 valence electrons. The highest BCUT2D eigenvalue weighted by molar-refractivity contribution is 7.89. The fourth-order valence-electron chi connectivity index (χ4n) is 3.13. The second-order valence-corrected chi connectivity index (χ2v) is 9.06. The molecule has 3 aromatic rings. The first-order chi connectivity index (χ1) is 13.5. The van der Waals surface area contributed by atoms with Gasteiger partial charge in [0.2, 0.25) is 15.9 Å². The van der Waals surface area contributed by atoms with E-state index in [1.165, 1.54) is 30.0 Å². The standard InChI is InChI=1S/C17H17N3O6S2/c1-24-17(21)14-13(5-9-27-14)28(22,23)20-6-2-11(3-7-20)15-18-19-16(26-15)12-4-8-25-10-12/h4-5,8-11H,2-3,6-7H2,1H3. The summed E-state index contributed by atoms with van der Waals surface area (Å²) in [4.78, 5) is 11.9. The molecule has 1 fully saturated rings. The van der Waals surface area contributed by atoms with Crippen LogP contribution < -0.4 is 0 Å². The predicted molar refractivity (Wildman–Crippen MR) is 98.4 cm³/mol. The molecule has 0 saturated carbocycles. The summed E-state index contributed by atoms with van der Waals surface area (Å²) in [5, 5.41) is 9.69. The average Bonchev–Trinajstić information content (AvgIpc) is 3.48. The van der Waals surface area contributed by atoms with Gasteiger partial charge in [0.25, 0.3) is 5.89 Å². The highest BCUT2D eigenvalue weighted by atomic mass is 32.2. The molecule has 28 heavy (non-hydrogen) atoms. The van der Waals surface area contributed by atoms with Crippen LogP contribution >= 0.6 is 11.3 Å². The smallest absolute Gasteiger partial charge is 0.349 e. The maximum absolute atomic E-state index is 13.0. The number of esters is 1. The van der Waals surface area contributed by atoms with Crippen LogP contribution in [-0.4, -0.2) is 49.1 Å². The fraction of sp³-hybridized carbons (Fsp3) is 0.353. The number of rotatable bonds is 5. The lowest BCUT2D eigenvalue weighted by Gasteiger charge is -2.29. The van der Waals surface area contributed by atoms with E-state index < -0.39 is 16.0 Å². The highest BCUT2D eigenvalue weighted by Gasteiger charge is 2.35. The SMILES string of the molecule is COC(=O)c1sccc1S(=O)(=O)N1CCC(c2nnc(-c3ccoc3)o2)CC1. The summed E-state index contributed by atoms with van der Waals surface area (Å²) in [5.41, 5.74) is 0.701. The molecule has 1 aliphatic heterocycles. The van der Waals surface area contributed by atoms with E-state index in [1.807, 2.05) is 0 Å². The van der Waals surface area contributed by atoms with E-state index in [2.05, 4.69) is 14.9 Å². The van der Waals surface area contributed by atoms with Gasteiger partial charge >= 0.3 is 5.97 Å². The lowest BCUT2D eigenvalue weighted by atomic mass is 9.98. The van der Waals surface area contributed by atoms with Gasteiger partial charge in [-0.25, -0.2) is 13.2 Å². The van der Waals surface area contributed by atoms with E-state index in [4.69, 9.17) is 8.83 Å². The minimum atomic E-state index is -3.78. The summed E-state index contributed by atoms with van der Waals surface area (Å²) in [6, 6.07) is 3.17. The molecular weight excluding hydrogens is 406 g/mol. The first-order valence-electron chi connectivity index (χ1n) is 8.52. The Labute approximate surface area is 165 Å². The number of furan rings is 1. The topological polar surface area (TPSA) is 116 Å². The van der Waals surface area contributed by atoms with Crippen LogP contribution in [0, 0.1) is 0 Å². The van der Waals surface area contributed by atoms with Crippen molar-refractivity contribution in [3.05, 3.63) is 40.8 Å². The fourth-order valence-corrected chi connectivity index (χ4v) is 5.90. The summed E-state index contributed by atoms with van der Waals surface area (Å²) in [6.07, 6.45) is 4.13. The Morgan fingerprint density at radius 2 is 2.07 bits per heavy atom. The third kappa shape index (κ3) is 3.36. The van der Waals surface area contributed by atoms with Crippen LogP contribution in [0.4, 0.5) is 0 Å². The largest absolute Gasteiger partial charge is 0.472 e. The molecule has 0 spiro atoms. The first-order valence-corrected chi connectivity index (χ1v) is 10.8. The second-order valence-electron chi connectivity index (χ2n) is 6.24. The van der Waals surface area contributed by atoms with E-state index in [-0.39, 0.29) is 15.7 Å². The van der Waals surface area contributed by atoms with Gasteiger partial charge in [-0.05, 0) is 30.4 Å². The number of carbonyl (C=O) groups excluding carboxylic acids is 1. The normalized spacial score (nSPS) is 16.3. The van der Waals surface area contributed by atoms with Crippen LogP contribution in [0.2, 0.25) is 0 Å². The third-order valence-corrected chi connectivity index (χ3v) is 7.59. The van der Waals surface area contributed by atoms with E-state index in [0.29, 0.717) is 43.3 Å². The summed E-state index contributed by atoms with van der Waals surface area (Å²) in [5.74, 6) is 0.182. The van der Waals surface area contributed by atoms with Gasteiger partial charge < -0.3 is 13.6 Å². The number of hydrogen-bond acceptors (Lipinski definition) is 9. The number of methoxy groups -OCH3 is 1. The zero-order chi connectivity index (χ0) is 19.7. The van der Waals surface area contributed by atoms with Gasteiger partial charge in [-0.3, -0.25) is 0 Å². The quantitative estimate of drug-likeness (QED) is 0.575. The highest BCUT2D eigenvalue weighted by Crippen LogP contribution is 2.33. The number of piperidine rings is 1. The van der Waals surface area contributed by atoms with Crippen molar-refractivity contribution in [3.8, 4) is 11.5 Å². The molecular formula is C17H17N3O6S2. The first kappa shape index (κ1) is 18.8. The van der Waals surface area contributed by atoms with Crippen molar-refractivity contribution < 1.29 is 26.8 Å². The van der Waals surface area contributed by atoms with Gasteiger partial charge in [0.1, 0.15) is 16.0 Å². The monoisotopic (exact) mass is 423 g/mol. The van der Waals surface area contributed by atoms with E-state index >= 15 is 0 Å². The van der Waals surface area contributed by atoms with Crippen molar-refractivity contribution in [1.82, 2.24) is 14.5 Å². The number of carbonyl (C=O) groups is 1. The van der Waals surface area contributed by atoms with Gasteiger partial charge in [0.15, 0.2) is 0 Å². The average molecular weight is 423 g/mol. The van der Waals surface area contributed by atoms with Crippen LogP contribution in [0.1, 0.15) is 34.3 Å². The maximum Gasteiger partial charge on any atom is 0.349 e. The van der Waals surface area contributed by atoms with Crippen LogP contribution in [-0.2, 0) is 14.8 Å². The van der Waals surface area contributed by atoms with E-state index in [1.54, 1.807) is 11.4 Å². The number of aromatic nitrogens is 2. The van der Waals surface area contributed by atoms with Gasteiger partial charge in [-0.15, -0.1) is 21.5 Å². The lowest BCUT2D eigenvalue weighted by Crippen LogP contribution is -2.38. The van der Waals surface area contributed by atoms with Crippen LogP contribution in [0.3, 0.4) is 0 Å². The van der Waals surface area contributed by atoms with E-state index in [9.17, 15) is 13.2 Å². The molecule has 0 atom stereocenters. The lowest BCUT2D eigenvalue weighted by molar-refractivity contribution is 0.0602. The summed E-state index contributed by atoms with van der Waals surface area (Å²) >= 11 is 1.05. The van der Waals surface area contributed by atoms with Gasteiger partial charge in [-0.1, -0.05) is 0 Å². The molecule has 0 aliphatic carbocycles. The minimum Gasteiger partial charge on any atom is -0.472 e. The third-order valence-electron chi connectivity index (χ3n) is 4.63. The van der Waals surface area contributed by atoms with Crippen molar-refractivity contribution in [3.63, 3.8) is 0 Å². The number of nitrogens with zero attached hydrogens (tertiary/aromatic N) is 3. The van der Waals surface area contributed by atoms with Crippen molar-refractivity contribution in [2.75, 3.05) is 20.2 Å². The van der Waals surface area contributed by atoms with Gasteiger partial charge in [0.05, 0.1) is 18.9 Å². The molecule has 1 saturated heterocycles. The molecule has 0 bridgehead atoms. The Morgan fingerprint density at radius 3 is 2.75 bits per heavy atom. The number of thiophene rings is 1. The number of hydrogen-bond donors (Lipinski definition) is 0. The number of sulfonamides is 1. The maximum atomic E-state index is 13.0. The van der Waals surface area contributed by atoms with Crippen LogP contribution in [0.25, 0.3) is 11.5 Å². The van der Waals surface area contributed by atoms with Crippen molar-refractivity contribution >= 4 is 27.3 Å². The van der Waals surface area contributed by atoms with Crippen LogP contribution in [0.5, 0.6) is 0 Å².